The molecule has 0 unspecified atom stereocenters. The van der Waals surface area contributed by atoms with E-state index in [-0.39, 0.29) is 11.9 Å². The van der Waals surface area contributed by atoms with Gasteiger partial charge in [0.1, 0.15) is 0 Å². The van der Waals surface area contributed by atoms with Crippen LogP contribution in [-0.2, 0) is 11.2 Å². The minimum atomic E-state index is -0.349. The largest absolute Gasteiger partial charge is 0.345 e. The molecule has 1 amide bonds. The van der Waals surface area contributed by atoms with E-state index < -0.39 is 0 Å². The first-order chi connectivity index (χ1) is 9.15. The van der Waals surface area contributed by atoms with Crippen molar-refractivity contribution in [3.63, 3.8) is 0 Å². The zero-order valence-corrected chi connectivity index (χ0v) is 12.4. The van der Waals surface area contributed by atoms with Crippen LogP contribution in [0.3, 0.4) is 0 Å². The molecule has 0 spiro atoms. The van der Waals surface area contributed by atoms with Gasteiger partial charge in [-0.15, -0.1) is 11.3 Å². The topological polar surface area (TPSA) is 62.5 Å². The predicted octanol–water partition coefficient (Wildman–Crippen LogP) is 1.09. The Morgan fingerprint density at radius 3 is 2.63 bits per heavy atom. The highest BCUT2D eigenvalue weighted by Crippen LogP contribution is 2.23. The summed E-state index contributed by atoms with van der Waals surface area (Å²) in [7, 11) is 0. The van der Waals surface area contributed by atoms with Crippen molar-refractivity contribution in [2.45, 2.75) is 32.7 Å². The zero-order valence-electron chi connectivity index (χ0n) is 11.6. The van der Waals surface area contributed by atoms with Crippen molar-refractivity contribution in [2.75, 3.05) is 31.1 Å². The number of amides is 1. The van der Waals surface area contributed by atoms with Crippen LogP contribution < -0.4 is 10.6 Å². The molecule has 0 aromatic carbocycles. The Balaban J connectivity index is 1.90. The average Bonchev–Trinajstić information content (AvgIpc) is 2.94. The number of aromatic nitrogens is 1. The second-order valence-electron chi connectivity index (χ2n) is 4.79. The molecule has 0 aliphatic carbocycles. The second-order valence-corrected chi connectivity index (χ2v) is 5.88. The van der Waals surface area contributed by atoms with E-state index in [0.717, 1.165) is 37.7 Å². The van der Waals surface area contributed by atoms with Gasteiger partial charge in [-0.3, -0.25) is 4.79 Å². The molecule has 2 rings (SSSR count). The molecule has 1 atom stereocenters. The average molecular weight is 282 g/mol. The van der Waals surface area contributed by atoms with Crippen LogP contribution in [0, 0.1) is 0 Å². The Bertz CT molecular complexity index is 426. The maximum atomic E-state index is 12.0. The maximum absolute atomic E-state index is 12.0. The number of anilines is 1. The van der Waals surface area contributed by atoms with Crippen molar-refractivity contribution in [2.24, 2.45) is 5.73 Å². The Hall–Kier alpha value is -1.14. The van der Waals surface area contributed by atoms with E-state index in [9.17, 15) is 4.79 Å². The first kappa shape index (κ1) is 14.3. The lowest BCUT2D eigenvalue weighted by atomic mass is 10.2. The van der Waals surface area contributed by atoms with E-state index in [1.807, 2.05) is 18.0 Å². The number of nitrogens with two attached hydrogens (primary N) is 1. The Morgan fingerprint density at radius 1 is 1.42 bits per heavy atom. The van der Waals surface area contributed by atoms with E-state index >= 15 is 0 Å². The van der Waals surface area contributed by atoms with E-state index in [4.69, 9.17) is 5.73 Å². The lowest BCUT2D eigenvalue weighted by Gasteiger charge is -2.35. The van der Waals surface area contributed by atoms with Crippen LogP contribution in [0.25, 0.3) is 0 Å². The van der Waals surface area contributed by atoms with Crippen molar-refractivity contribution in [1.29, 1.82) is 0 Å². The van der Waals surface area contributed by atoms with Crippen LogP contribution in [0.5, 0.6) is 0 Å². The first-order valence-corrected chi connectivity index (χ1v) is 7.71. The third-order valence-corrected chi connectivity index (χ3v) is 4.71. The van der Waals surface area contributed by atoms with Gasteiger partial charge in [0.2, 0.25) is 5.91 Å². The summed E-state index contributed by atoms with van der Waals surface area (Å²) >= 11 is 1.75. The highest BCUT2D eigenvalue weighted by atomic mass is 32.1. The van der Waals surface area contributed by atoms with Gasteiger partial charge < -0.3 is 15.5 Å². The number of carbonyl (C=O) groups is 1. The van der Waals surface area contributed by atoms with Gasteiger partial charge in [-0.25, -0.2) is 4.98 Å². The molecule has 1 aromatic rings. The number of hydrogen-bond acceptors (Lipinski definition) is 5. The fourth-order valence-electron chi connectivity index (χ4n) is 2.13. The SMILES string of the molecule is CCc1cnc(N2CCN(C(=O)[C@@H](N)CC)CC2)s1. The Labute approximate surface area is 118 Å². The molecule has 0 radical (unpaired) electrons. The van der Waals surface area contributed by atoms with Crippen molar-refractivity contribution in [3.05, 3.63) is 11.1 Å². The van der Waals surface area contributed by atoms with Crippen molar-refractivity contribution >= 4 is 22.4 Å². The van der Waals surface area contributed by atoms with Gasteiger partial charge in [0.25, 0.3) is 0 Å². The highest BCUT2D eigenvalue weighted by Gasteiger charge is 2.25. The third-order valence-electron chi connectivity index (χ3n) is 3.51. The molecule has 2 heterocycles. The zero-order chi connectivity index (χ0) is 13.8. The summed E-state index contributed by atoms with van der Waals surface area (Å²) in [6, 6.07) is -0.349. The molecule has 1 aliphatic rings. The fourth-order valence-corrected chi connectivity index (χ4v) is 3.04. The van der Waals surface area contributed by atoms with Gasteiger partial charge in [0.15, 0.2) is 5.13 Å². The number of rotatable bonds is 4. The molecule has 19 heavy (non-hydrogen) atoms. The fraction of sp³-hybridized carbons (Fsp3) is 0.692. The van der Waals surface area contributed by atoms with Crippen molar-refractivity contribution < 1.29 is 4.79 Å². The van der Waals surface area contributed by atoms with Crippen LogP contribution in [-0.4, -0.2) is 48.0 Å². The molecule has 1 saturated heterocycles. The summed E-state index contributed by atoms with van der Waals surface area (Å²) in [4.78, 5) is 21.9. The number of hydrogen-bond donors (Lipinski definition) is 1. The second kappa shape index (κ2) is 6.34. The molecule has 6 heteroatoms. The van der Waals surface area contributed by atoms with Crippen LogP contribution in [0.2, 0.25) is 0 Å². The van der Waals surface area contributed by atoms with E-state index in [1.54, 1.807) is 11.3 Å². The lowest BCUT2D eigenvalue weighted by Crippen LogP contribution is -2.53. The third kappa shape index (κ3) is 3.25. The Kier molecular flexibility index (Phi) is 4.76. The van der Waals surface area contributed by atoms with Crippen LogP contribution >= 0.6 is 11.3 Å². The molecule has 106 valence electrons. The van der Waals surface area contributed by atoms with E-state index in [1.165, 1.54) is 4.88 Å². The van der Waals surface area contributed by atoms with Crippen LogP contribution in [0.15, 0.2) is 6.20 Å². The quantitative estimate of drug-likeness (QED) is 0.898. The molecule has 0 bridgehead atoms. The molecule has 1 aromatic heterocycles. The van der Waals surface area contributed by atoms with Gasteiger partial charge in [0.05, 0.1) is 6.04 Å². The molecular weight excluding hydrogens is 260 g/mol. The first-order valence-electron chi connectivity index (χ1n) is 6.89. The number of piperazine rings is 1. The highest BCUT2D eigenvalue weighted by molar-refractivity contribution is 7.15. The number of carbonyl (C=O) groups excluding carboxylic acids is 1. The minimum absolute atomic E-state index is 0.0792. The summed E-state index contributed by atoms with van der Waals surface area (Å²) in [6.07, 6.45) is 3.68. The van der Waals surface area contributed by atoms with Gasteiger partial charge in [-0.1, -0.05) is 13.8 Å². The summed E-state index contributed by atoms with van der Waals surface area (Å²) < 4.78 is 0. The number of nitrogens with zero attached hydrogens (tertiary/aromatic N) is 3. The van der Waals surface area contributed by atoms with Gasteiger partial charge in [-0.2, -0.15) is 0 Å². The smallest absolute Gasteiger partial charge is 0.239 e. The van der Waals surface area contributed by atoms with Crippen molar-refractivity contribution in [1.82, 2.24) is 9.88 Å². The standard InChI is InChI=1S/C13H22N4OS/c1-3-10-9-15-13(19-10)17-7-5-16(6-8-17)12(18)11(14)4-2/h9,11H,3-8,14H2,1-2H3/t11-/m0/s1. The summed E-state index contributed by atoms with van der Waals surface area (Å²) in [5.41, 5.74) is 5.80. The van der Waals surface area contributed by atoms with E-state index in [2.05, 4.69) is 16.8 Å². The van der Waals surface area contributed by atoms with Gasteiger partial charge in [-0.05, 0) is 12.8 Å². The minimum Gasteiger partial charge on any atom is -0.345 e. The molecular formula is C13H22N4OS. The van der Waals surface area contributed by atoms with Crippen LogP contribution in [0.1, 0.15) is 25.1 Å². The monoisotopic (exact) mass is 282 g/mol. The van der Waals surface area contributed by atoms with E-state index in [0.29, 0.717) is 6.42 Å². The molecule has 2 N–H and O–H groups in total. The molecule has 1 fully saturated rings. The number of thiazole rings is 1. The molecule has 5 nitrogen and oxygen atoms in total. The Morgan fingerprint density at radius 2 is 2.11 bits per heavy atom. The van der Waals surface area contributed by atoms with Crippen molar-refractivity contribution in [3.8, 4) is 0 Å². The van der Waals surface area contributed by atoms with Gasteiger partial charge in [0, 0.05) is 37.3 Å². The molecule has 0 saturated carbocycles. The van der Waals surface area contributed by atoms with Crippen LogP contribution in [0.4, 0.5) is 5.13 Å². The predicted molar refractivity (Wildman–Crippen MR) is 78.6 cm³/mol. The normalized spacial score (nSPS) is 17.6. The van der Waals surface area contributed by atoms with Gasteiger partial charge >= 0.3 is 0 Å². The summed E-state index contributed by atoms with van der Waals surface area (Å²) in [5.74, 6) is 0.0792. The molecule has 1 aliphatic heterocycles. The number of aryl methyl sites for hydroxylation is 1. The maximum Gasteiger partial charge on any atom is 0.239 e. The summed E-state index contributed by atoms with van der Waals surface area (Å²) in [6.45, 7) is 7.26. The summed E-state index contributed by atoms with van der Waals surface area (Å²) in [5, 5.41) is 1.07. The lowest BCUT2D eigenvalue weighted by molar-refractivity contribution is -0.132.